The van der Waals surface area contributed by atoms with Crippen molar-refractivity contribution in [2.24, 2.45) is 0 Å². The molecule has 9 heteroatoms. The first-order valence-corrected chi connectivity index (χ1v) is 10.2. The normalized spacial score (nSPS) is 13.5. The lowest BCUT2D eigenvalue weighted by Gasteiger charge is -2.24. The zero-order valence-corrected chi connectivity index (χ0v) is 17.5. The highest BCUT2D eigenvalue weighted by Gasteiger charge is 2.34. The Bertz CT molecular complexity index is 1340. The molecule has 5 rings (SSSR count). The van der Waals surface area contributed by atoms with Gasteiger partial charge in [0.05, 0.1) is 29.5 Å². The monoisotopic (exact) mass is 448 g/mol. The van der Waals surface area contributed by atoms with Gasteiger partial charge in [0, 0.05) is 35.1 Å². The van der Waals surface area contributed by atoms with Gasteiger partial charge < -0.3 is 15.6 Å². The number of H-pyrrole nitrogens is 1. The van der Waals surface area contributed by atoms with Gasteiger partial charge in [0.15, 0.2) is 5.82 Å². The van der Waals surface area contributed by atoms with Gasteiger partial charge in [-0.15, -0.1) is 0 Å². The number of hydrogen-bond acceptors (Lipinski definition) is 5. The maximum atomic E-state index is 13.7. The molecule has 2 aromatic carbocycles. The third-order valence-electron chi connectivity index (χ3n) is 5.39. The summed E-state index contributed by atoms with van der Waals surface area (Å²) in [4.78, 5) is 15.9. The molecule has 0 aliphatic carbocycles. The maximum Gasteiger partial charge on any atom is 0.417 e. The maximum absolute atomic E-state index is 13.7. The van der Waals surface area contributed by atoms with Crippen LogP contribution >= 0.6 is 0 Å². The van der Waals surface area contributed by atoms with E-state index in [1.807, 2.05) is 31.2 Å². The summed E-state index contributed by atoms with van der Waals surface area (Å²) in [7, 11) is 0. The van der Waals surface area contributed by atoms with E-state index >= 15 is 0 Å². The van der Waals surface area contributed by atoms with Crippen LogP contribution in [0.1, 0.15) is 18.1 Å². The van der Waals surface area contributed by atoms with E-state index < -0.39 is 11.7 Å². The van der Waals surface area contributed by atoms with E-state index in [-0.39, 0.29) is 11.4 Å². The van der Waals surface area contributed by atoms with Gasteiger partial charge in [-0.05, 0) is 24.6 Å². The van der Waals surface area contributed by atoms with E-state index in [4.69, 9.17) is 0 Å². The molecular weight excluding hydrogens is 429 g/mol. The molecule has 0 amide bonds. The predicted molar refractivity (Wildman–Crippen MR) is 121 cm³/mol. The number of rotatable bonds is 4. The van der Waals surface area contributed by atoms with Crippen molar-refractivity contribution in [1.29, 1.82) is 0 Å². The van der Waals surface area contributed by atoms with Crippen LogP contribution in [0.4, 0.5) is 24.7 Å². The molecule has 166 valence electrons. The molecule has 0 bridgehead atoms. The van der Waals surface area contributed by atoms with Crippen LogP contribution in [0.5, 0.6) is 0 Å². The van der Waals surface area contributed by atoms with Crippen molar-refractivity contribution in [1.82, 2.24) is 19.9 Å². The van der Waals surface area contributed by atoms with Crippen LogP contribution < -0.4 is 10.6 Å². The Kier molecular flexibility index (Phi) is 5.08. The Hall–Kier alpha value is -4.14. The van der Waals surface area contributed by atoms with Crippen molar-refractivity contribution < 1.29 is 13.2 Å². The first-order chi connectivity index (χ1) is 15.9. The summed E-state index contributed by atoms with van der Waals surface area (Å²) in [5, 5.41) is 6.68. The fourth-order valence-corrected chi connectivity index (χ4v) is 3.79. The number of para-hydroxylation sites is 1. The molecule has 0 atom stereocenters. The smallest absolute Gasteiger partial charge is 0.381 e. The molecule has 3 N–H and O–H groups in total. The number of halogens is 3. The molecule has 1 aliphatic heterocycles. The molecule has 0 radical (unpaired) electrons. The summed E-state index contributed by atoms with van der Waals surface area (Å²) < 4.78 is 41.1. The average molecular weight is 448 g/mol. The zero-order valence-electron chi connectivity index (χ0n) is 17.5. The second-order valence-electron chi connectivity index (χ2n) is 7.65. The number of imidazole rings is 1. The number of aromatic amines is 1. The Balaban J connectivity index is 1.65. The van der Waals surface area contributed by atoms with E-state index in [9.17, 15) is 13.2 Å². The molecule has 0 fully saturated rings. The Morgan fingerprint density at radius 1 is 0.970 bits per heavy atom. The Morgan fingerprint density at radius 2 is 1.73 bits per heavy atom. The molecule has 0 spiro atoms. The predicted octanol–water partition coefficient (Wildman–Crippen LogP) is 5.82. The summed E-state index contributed by atoms with van der Waals surface area (Å²) in [5.74, 6) is 0.352. The van der Waals surface area contributed by atoms with Crippen LogP contribution in [-0.4, -0.2) is 26.5 Å². The molecule has 33 heavy (non-hydrogen) atoms. The minimum Gasteiger partial charge on any atom is -0.381 e. The number of nitrogens with zero attached hydrogens (tertiary/aromatic N) is 3. The van der Waals surface area contributed by atoms with Gasteiger partial charge >= 0.3 is 6.18 Å². The largest absolute Gasteiger partial charge is 0.417 e. The summed E-state index contributed by atoms with van der Waals surface area (Å²) in [6.07, 6.45) is -1.48. The lowest BCUT2D eigenvalue weighted by atomic mass is 10.0. The zero-order chi connectivity index (χ0) is 23.0. The number of nitrogens with one attached hydrogen (secondary N) is 3. The van der Waals surface area contributed by atoms with Crippen molar-refractivity contribution in [2.75, 3.05) is 17.2 Å². The minimum atomic E-state index is -4.54. The van der Waals surface area contributed by atoms with E-state index in [0.29, 0.717) is 23.8 Å². The second kappa shape index (κ2) is 8.09. The highest BCUT2D eigenvalue weighted by atomic mass is 19.4. The van der Waals surface area contributed by atoms with E-state index in [1.54, 1.807) is 18.3 Å². The lowest BCUT2D eigenvalue weighted by molar-refractivity contribution is -0.137. The highest BCUT2D eigenvalue weighted by molar-refractivity contribution is 5.87. The third kappa shape index (κ3) is 4.05. The van der Waals surface area contributed by atoms with E-state index in [2.05, 4.69) is 30.6 Å². The number of alkyl halides is 3. The van der Waals surface area contributed by atoms with E-state index in [0.717, 1.165) is 28.6 Å². The first kappa shape index (κ1) is 20.7. The number of fused-ring (bicyclic) bond motifs is 1. The molecule has 0 saturated carbocycles. The molecule has 3 heterocycles. The minimum absolute atomic E-state index is 0.0296. The number of aromatic nitrogens is 4. The molecule has 0 saturated heterocycles. The quantitative estimate of drug-likeness (QED) is 0.367. The molecule has 0 unspecified atom stereocenters. The lowest BCUT2D eigenvalue weighted by Crippen LogP contribution is -2.17. The van der Waals surface area contributed by atoms with Crippen molar-refractivity contribution in [3.05, 3.63) is 83.8 Å². The Labute approximate surface area is 187 Å². The summed E-state index contributed by atoms with van der Waals surface area (Å²) >= 11 is 0. The summed E-state index contributed by atoms with van der Waals surface area (Å²) in [6.45, 7) is 2.63. The van der Waals surface area contributed by atoms with Crippen LogP contribution in [-0.2, 0) is 6.18 Å². The van der Waals surface area contributed by atoms with Crippen LogP contribution in [0.25, 0.3) is 28.5 Å². The average Bonchev–Trinajstić information content (AvgIpc) is 3.35. The number of hydrogen-bond donors (Lipinski definition) is 3. The van der Waals surface area contributed by atoms with Crippen LogP contribution in [0.2, 0.25) is 0 Å². The van der Waals surface area contributed by atoms with Gasteiger partial charge in [0.2, 0.25) is 0 Å². The highest BCUT2D eigenvalue weighted by Crippen LogP contribution is 2.37. The third-order valence-corrected chi connectivity index (χ3v) is 5.39. The second-order valence-corrected chi connectivity index (χ2v) is 7.65. The number of anilines is 2. The van der Waals surface area contributed by atoms with Gasteiger partial charge in [0.1, 0.15) is 5.82 Å². The fraction of sp³-hybridized carbons (Fsp3) is 0.125. The van der Waals surface area contributed by atoms with Gasteiger partial charge in [-0.25, -0.2) is 15.0 Å². The van der Waals surface area contributed by atoms with Gasteiger partial charge in [0.25, 0.3) is 0 Å². The van der Waals surface area contributed by atoms with Crippen LogP contribution in [0.3, 0.4) is 0 Å². The van der Waals surface area contributed by atoms with Crippen LogP contribution in [0, 0.1) is 0 Å². The molecule has 2 aromatic heterocycles. The van der Waals surface area contributed by atoms with Crippen molar-refractivity contribution >= 4 is 17.2 Å². The number of benzene rings is 2. The summed E-state index contributed by atoms with van der Waals surface area (Å²) in [6, 6.07) is 14.8. The van der Waals surface area contributed by atoms with Crippen molar-refractivity contribution in [3.63, 3.8) is 0 Å². The fourth-order valence-electron chi connectivity index (χ4n) is 3.79. The molecule has 1 aliphatic rings. The van der Waals surface area contributed by atoms with Gasteiger partial charge in [-0.2, -0.15) is 13.2 Å². The molecule has 6 nitrogen and oxygen atoms in total. The van der Waals surface area contributed by atoms with Crippen LogP contribution in [0.15, 0.2) is 72.7 Å². The van der Waals surface area contributed by atoms with Gasteiger partial charge in [-0.1, -0.05) is 36.4 Å². The SMILES string of the molecule is CC1=C(Nc2cc(-c3cnc[nH]3)nc(-c3ccccc3C(F)(F)F)n2)c2ccccc2NC1. The summed E-state index contributed by atoms with van der Waals surface area (Å²) in [5.41, 5.74) is 3.95. The topological polar surface area (TPSA) is 78.5 Å². The van der Waals surface area contributed by atoms with E-state index in [1.165, 1.54) is 18.5 Å². The standard InChI is InChI=1S/C24H19F3N6/c1-14-11-29-18-9-5-3-7-16(18)22(14)32-21-10-19(20-12-28-13-30-20)31-23(33-21)15-6-2-4-8-17(15)24(25,26)27/h2-10,12-13,29H,11H2,1H3,(H,28,30)(H,31,32,33). The van der Waals surface area contributed by atoms with Crippen molar-refractivity contribution in [2.45, 2.75) is 13.1 Å². The van der Waals surface area contributed by atoms with Gasteiger partial charge in [-0.3, -0.25) is 0 Å². The molecule has 4 aromatic rings. The van der Waals surface area contributed by atoms with Crippen molar-refractivity contribution in [3.8, 4) is 22.8 Å². The molecular formula is C24H19F3N6. The first-order valence-electron chi connectivity index (χ1n) is 10.2. The Morgan fingerprint density at radius 3 is 2.48 bits per heavy atom.